The van der Waals surface area contributed by atoms with Crippen molar-refractivity contribution in [3.63, 3.8) is 0 Å². The van der Waals surface area contributed by atoms with Crippen molar-refractivity contribution in [1.82, 2.24) is 14.9 Å². The van der Waals surface area contributed by atoms with Crippen LogP contribution in [0, 0.1) is 22.6 Å². The van der Waals surface area contributed by atoms with Gasteiger partial charge in [-0.05, 0) is 67.8 Å². The number of halogens is 1. The van der Waals surface area contributed by atoms with Gasteiger partial charge in [0, 0.05) is 36.9 Å². The predicted octanol–water partition coefficient (Wildman–Crippen LogP) is 3.16. The van der Waals surface area contributed by atoms with Gasteiger partial charge in [0.25, 0.3) is 5.56 Å². The summed E-state index contributed by atoms with van der Waals surface area (Å²) in [6, 6.07) is 16.4. The van der Waals surface area contributed by atoms with E-state index < -0.39 is 0 Å². The fraction of sp³-hybridized carbons (Fsp3) is 0.393. The largest absolute Gasteiger partial charge is 0.380 e. The quantitative estimate of drug-likeness (QED) is 0.494. The second-order valence-electron chi connectivity index (χ2n) is 10.3. The fourth-order valence-corrected chi connectivity index (χ4v) is 5.29. The average Bonchev–Trinajstić information content (AvgIpc) is 3.61. The summed E-state index contributed by atoms with van der Waals surface area (Å²) in [6.45, 7) is 3.93. The minimum Gasteiger partial charge on any atom is -0.380 e. The zero-order chi connectivity index (χ0) is 24.7. The SMILES string of the molecule is N#Cc1ccc(-n2cc(CCCN[C@@H]3C[C@H]3c3ccc(F)cc3)nc(N3CC4(COC4)C3)c2=O)cc1. The summed E-state index contributed by atoms with van der Waals surface area (Å²) in [5, 5.41) is 12.7. The zero-order valence-corrected chi connectivity index (χ0v) is 20.0. The number of hydrogen-bond donors (Lipinski definition) is 1. The molecule has 6 rings (SSSR count). The fourth-order valence-electron chi connectivity index (χ4n) is 5.29. The molecule has 3 aromatic rings. The topological polar surface area (TPSA) is 83.2 Å². The monoisotopic (exact) mass is 485 g/mol. The van der Waals surface area contributed by atoms with Gasteiger partial charge in [-0.2, -0.15) is 5.26 Å². The first-order valence-electron chi connectivity index (χ1n) is 12.5. The van der Waals surface area contributed by atoms with Crippen molar-refractivity contribution in [2.24, 2.45) is 5.41 Å². The van der Waals surface area contributed by atoms with Gasteiger partial charge in [-0.3, -0.25) is 9.36 Å². The van der Waals surface area contributed by atoms with Crippen LogP contribution in [-0.2, 0) is 11.2 Å². The van der Waals surface area contributed by atoms with Gasteiger partial charge in [-0.25, -0.2) is 9.37 Å². The maximum Gasteiger partial charge on any atom is 0.298 e. The lowest BCUT2D eigenvalue weighted by Crippen LogP contribution is -2.67. The molecule has 3 heterocycles. The molecule has 2 saturated heterocycles. The molecule has 2 aliphatic heterocycles. The first-order chi connectivity index (χ1) is 17.5. The first-order valence-corrected chi connectivity index (χ1v) is 12.5. The van der Waals surface area contributed by atoms with Crippen molar-refractivity contribution in [3.05, 3.63) is 87.7 Å². The Morgan fingerprint density at radius 3 is 2.56 bits per heavy atom. The number of anilines is 1. The third kappa shape index (κ3) is 4.41. The summed E-state index contributed by atoms with van der Waals surface area (Å²) in [6.07, 6.45) is 4.53. The number of rotatable bonds is 8. The Labute approximate surface area is 209 Å². The highest BCUT2D eigenvalue weighted by Crippen LogP contribution is 2.41. The van der Waals surface area contributed by atoms with Crippen LogP contribution in [0.2, 0.25) is 0 Å². The highest BCUT2D eigenvalue weighted by Gasteiger charge is 2.50. The van der Waals surface area contributed by atoms with Crippen molar-refractivity contribution in [2.75, 3.05) is 37.7 Å². The smallest absolute Gasteiger partial charge is 0.298 e. The average molecular weight is 486 g/mol. The third-order valence-corrected chi connectivity index (χ3v) is 7.49. The van der Waals surface area contributed by atoms with Gasteiger partial charge in [0.2, 0.25) is 0 Å². The van der Waals surface area contributed by atoms with E-state index in [1.54, 1.807) is 28.8 Å². The van der Waals surface area contributed by atoms with E-state index in [0.717, 1.165) is 63.5 Å². The molecule has 184 valence electrons. The number of ether oxygens (including phenoxy) is 1. The highest BCUT2D eigenvalue weighted by atomic mass is 19.1. The summed E-state index contributed by atoms with van der Waals surface area (Å²) in [4.78, 5) is 20.2. The van der Waals surface area contributed by atoms with E-state index in [1.807, 2.05) is 18.3 Å². The number of aromatic nitrogens is 2. The standard InChI is InChI=1S/C28H28FN5O2/c29-21-7-5-20(6-8-21)24-12-25(24)31-11-1-2-22-14-34(23-9-3-19(13-30)4-10-23)27(35)26(32-22)33-15-28(16-33)17-36-18-28/h3-10,14,24-25,31H,1-2,11-12,15-18H2/t24-,25+/m0/s1. The molecule has 1 spiro atoms. The molecule has 7 nitrogen and oxygen atoms in total. The molecular weight excluding hydrogens is 457 g/mol. The first kappa shape index (κ1) is 22.9. The Bertz CT molecular complexity index is 1350. The zero-order valence-electron chi connectivity index (χ0n) is 20.0. The summed E-state index contributed by atoms with van der Waals surface area (Å²) in [7, 11) is 0. The summed E-state index contributed by atoms with van der Waals surface area (Å²) >= 11 is 0. The van der Waals surface area contributed by atoms with Crippen LogP contribution in [0.1, 0.15) is 35.6 Å². The van der Waals surface area contributed by atoms with E-state index in [0.29, 0.717) is 23.3 Å². The van der Waals surface area contributed by atoms with Crippen LogP contribution in [0.25, 0.3) is 5.69 Å². The summed E-state index contributed by atoms with van der Waals surface area (Å²) in [5.41, 5.74) is 3.37. The van der Waals surface area contributed by atoms with Gasteiger partial charge >= 0.3 is 0 Å². The van der Waals surface area contributed by atoms with E-state index in [4.69, 9.17) is 15.0 Å². The van der Waals surface area contributed by atoms with Crippen LogP contribution in [0.3, 0.4) is 0 Å². The van der Waals surface area contributed by atoms with Crippen LogP contribution in [0.5, 0.6) is 0 Å². The van der Waals surface area contributed by atoms with Gasteiger partial charge in [0.15, 0.2) is 5.82 Å². The summed E-state index contributed by atoms with van der Waals surface area (Å²) in [5.74, 6) is 0.733. The molecule has 3 aliphatic rings. The molecule has 36 heavy (non-hydrogen) atoms. The highest BCUT2D eigenvalue weighted by molar-refractivity contribution is 5.47. The molecule has 1 saturated carbocycles. The maximum atomic E-state index is 13.4. The molecule has 0 amide bonds. The minimum absolute atomic E-state index is 0.142. The molecular formula is C28H28FN5O2. The number of aryl methyl sites for hydroxylation is 1. The molecule has 0 unspecified atom stereocenters. The van der Waals surface area contributed by atoms with Crippen LogP contribution < -0.4 is 15.8 Å². The number of nitrogens with zero attached hydrogens (tertiary/aromatic N) is 4. The number of nitriles is 1. The Hall–Kier alpha value is -3.54. The number of hydrogen-bond acceptors (Lipinski definition) is 6. The number of nitrogens with one attached hydrogen (secondary N) is 1. The van der Waals surface area contributed by atoms with E-state index in [2.05, 4.69) is 16.3 Å². The van der Waals surface area contributed by atoms with Gasteiger partial charge in [0.1, 0.15) is 5.82 Å². The van der Waals surface area contributed by atoms with Crippen molar-refractivity contribution in [3.8, 4) is 11.8 Å². The third-order valence-electron chi connectivity index (χ3n) is 7.49. The predicted molar refractivity (Wildman–Crippen MR) is 134 cm³/mol. The van der Waals surface area contributed by atoms with Crippen molar-refractivity contribution in [2.45, 2.75) is 31.2 Å². The lowest BCUT2D eigenvalue weighted by atomic mass is 9.78. The lowest BCUT2D eigenvalue weighted by molar-refractivity contribution is -0.127. The second-order valence-corrected chi connectivity index (χ2v) is 10.3. The minimum atomic E-state index is -0.201. The van der Waals surface area contributed by atoms with Gasteiger partial charge in [-0.1, -0.05) is 12.1 Å². The molecule has 2 atom stereocenters. The van der Waals surface area contributed by atoms with Gasteiger partial charge in [0.05, 0.1) is 36.0 Å². The van der Waals surface area contributed by atoms with E-state index in [-0.39, 0.29) is 16.8 Å². The Balaban J connectivity index is 1.14. The molecule has 0 bridgehead atoms. The number of benzene rings is 2. The lowest BCUT2D eigenvalue weighted by Gasteiger charge is -2.55. The van der Waals surface area contributed by atoms with Crippen molar-refractivity contribution in [1.29, 1.82) is 5.26 Å². The van der Waals surface area contributed by atoms with Crippen molar-refractivity contribution < 1.29 is 9.13 Å². The molecule has 3 fully saturated rings. The molecule has 0 radical (unpaired) electrons. The van der Waals surface area contributed by atoms with Gasteiger partial charge < -0.3 is 15.0 Å². The van der Waals surface area contributed by atoms with Crippen LogP contribution >= 0.6 is 0 Å². The van der Waals surface area contributed by atoms with Crippen molar-refractivity contribution >= 4 is 5.82 Å². The molecule has 8 heteroatoms. The maximum absolute atomic E-state index is 13.4. The Kier molecular flexibility index (Phi) is 5.82. The molecule has 1 aliphatic carbocycles. The van der Waals surface area contributed by atoms with E-state index in [9.17, 15) is 9.18 Å². The van der Waals surface area contributed by atoms with E-state index in [1.165, 1.54) is 17.7 Å². The normalized spacial score (nSPS) is 21.5. The van der Waals surface area contributed by atoms with Crippen LogP contribution in [-0.4, -0.2) is 48.4 Å². The Morgan fingerprint density at radius 2 is 1.89 bits per heavy atom. The van der Waals surface area contributed by atoms with Crippen LogP contribution in [0.15, 0.2) is 59.5 Å². The Morgan fingerprint density at radius 1 is 1.14 bits per heavy atom. The molecule has 2 aromatic carbocycles. The molecule has 1 N–H and O–H groups in total. The van der Waals surface area contributed by atoms with E-state index >= 15 is 0 Å². The molecule has 1 aromatic heterocycles. The summed E-state index contributed by atoms with van der Waals surface area (Å²) < 4.78 is 20.2. The van der Waals surface area contributed by atoms with Crippen LogP contribution in [0.4, 0.5) is 10.2 Å². The van der Waals surface area contributed by atoms with Gasteiger partial charge in [-0.15, -0.1) is 0 Å². The second kappa shape index (κ2) is 9.16.